The fraction of sp³-hybridized carbons (Fsp3) is 0.263. The molecule has 2 N–H and O–H groups in total. The highest BCUT2D eigenvalue weighted by Gasteiger charge is 2.14. The SMILES string of the molecule is CN(C)C(=O)COc1ccccc1C(=O)NCCNc1ccccc1[N+](=O)[O-]. The summed E-state index contributed by atoms with van der Waals surface area (Å²) in [5.74, 6) is -0.275. The van der Waals surface area contributed by atoms with Crippen molar-refractivity contribution in [3.05, 3.63) is 64.2 Å². The van der Waals surface area contributed by atoms with E-state index in [-0.39, 0.29) is 30.7 Å². The zero-order valence-corrected chi connectivity index (χ0v) is 15.7. The molecule has 0 bridgehead atoms. The van der Waals surface area contributed by atoms with Crippen molar-refractivity contribution in [1.82, 2.24) is 10.2 Å². The number of likely N-dealkylation sites (N-methyl/N-ethyl adjacent to an activating group) is 1. The molecule has 0 spiro atoms. The van der Waals surface area contributed by atoms with Crippen LogP contribution in [0.4, 0.5) is 11.4 Å². The van der Waals surface area contributed by atoms with Gasteiger partial charge in [-0.1, -0.05) is 24.3 Å². The number of nitro groups is 1. The number of nitrogens with zero attached hydrogens (tertiary/aromatic N) is 2. The molecule has 28 heavy (non-hydrogen) atoms. The lowest BCUT2D eigenvalue weighted by Crippen LogP contribution is -2.30. The summed E-state index contributed by atoms with van der Waals surface area (Å²) in [6.45, 7) is 0.380. The number of nitro benzene ring substituents is 1. The van der Waals surface area contributed by atoms with Gasteiger partial charge in [-0.2, -0.15) is 0 Å². The molecule has 0 aliphatic rings. The summed E-state index contributed by atoms with van der Waals surface area (Å²) >= 11 is 0. The molecule has 0 saturated heterocycles. The number of para-hydroxylation sites is 3. The topological polar surface area (TPSA) is 114 Å². The van der Waals surface area contributed by atoms with E-state index in [0.29, 0.717) is 23.5 Å². The second kappa shape index (κ2) is 9.91. The Balaban J connectivity index is 1.90. The summed E-state index contributed by atoms with van der Waals surface area (Å²) in [4.78, 5) is 36.0. The van der Waals surface area contributed by atoms with Crippen LogP contribution in [0, 0.1) is 10.1 Å². The van der Waals surface area contributed by atoms with Crippen LogP contribution >= 0.6 is 0 Å². The number of carbonyl (C=O) groups is 2. The smallest absolute Gasteiger partial charge is 0.292 e. The van der Waals surface area contributed by atoms with E-state index in [2.05, 4.69) is 10.6 Å². The Morgan fingerprint density at radius 1 is 1.07 bits per heavy atom. The predicted molar refractivity (Wildman–Crippen MR) is 105 cm³/mol. The third kappa shape index (κ3) is 5.70. The molecule has 2 rings (SSSR count). The number of amides is 2. The van der Waals surface area contributed by atoms with Crippen molar-refractivity contribution >= 4 is 23.2 Å². The van der Waals surface area contributed by atoms with Gasteiger partial charge in [0.2, 0.25) is 0 Å². The number of nitrogens with one attached hydrogen (secondary N) is 2. The summed E-state index contributed by atoms with van der Waals surface area (Å²) in [6, 6.07) is 12.9. The summed E-state index contributed by atoms with van der Waals surface area (Å²) < 4.78 is 5.46. The molecule has 0 atom stereocenters. The Labute approximate surface area is 162 Å². The predicted octanol–water partition coefficient (Wildman–Crippen LogP) is 1.90. The van der Waals surface area contributed by atoms with E-state index in [4.69, 9.17) is 4.74 Å². The lowest BCUT2D eigenvalue weighted by molar-refractivity contribution is -0.384. The van der Waals surface area contributed by atoms with E-state index in [0.717, 1.165) is 0 Å². The highest BCUT2D eigenvalue weighted by atomic mass is 16.6. The maximum absolute atomic E-state index is 12.4. The number of rotatable bonds is 9. The monoisotopic (exact) mass is 386 g/mol. The van der Waals surface area contributed by atoms with Crippen LogP contribution in [0.1, 0.15) is 10.4 Å². The fourth-order valence-corrected chi connectivity index (χ4v) is 2.30. The molecule has 9 nitrogen and oxygen atoms in total. The minimum Gasteiger partial charge on any atom is -0.483 e. The second-order valence-corrected chi connectivity index (χ2v) is 6.03. The average molecular weight is 386 g/mol. The van der Waals surface area contributed by atoms with Crippen LogP contribution in [0.5, 0.6) is 5.75 Å². The zero-order chi connectivity index (χ0) is 20.5. The van der Waals surface area contributed by atoms with Crippen molar-refractivity contribution < 1.29 is 19.2 Å². The molecule has 2 amide bonds. The first-order chi connectivity index (χ1) is 13.4. The molecular weight excluding hydrogens is 364 g/mol. The molecule has 9 heteroatoms. The van der Waals surface area contributed by atoms with Crippen LogP contribution in [-0.4, -0.2) is 55.4 Å². The second-order valence-electron chi connectivity index (χ2n) is 6.03. The Hall–Kier alpha value is -3.62. The summed E-state index contributed by atoms with van der Waals surface area (Å²) in [6.07, 6.45) is 0. The van der Waals surface area contributed by atoms with Gasteiger partial charge in [-0.05, 0) is 18.2 Å². The van der Waals surface area contributed by atoms with Gasteiger partial charge in [0.1, 0.15) is 11.4 Å². The summed E-state index contributed by atoms with van der Waals surface area (Å²) in [7, 11) is 3.24. The van der Waals surface area contributed by atoms with E-state index >= 15 is 0 Å². The number of hydrogen-bond donors (Lipinski definition) is 2. The molecule has 0 fully saturated rings. The van der Waals surface area contributed by atoms with Crippen molar-refractivity contribution in [3.8, 4) is 5.75 Å². The van der Waals surface area contributed by atoms with Crippen LogP contribution in [0.25, 0.3) is 0 Å². The Kier molecular flexibility index (Phi) is 7.32. The van der Waals surface area contributed by atoms with E-state index in [1.165, 1.54) is 11.0 Å². The number of ether oxygens (including phenoxy) is 1. The lowest BCUT2D eigenvalue weighted by Gasteiger charge is -2.14. The van der Waals surface area contributed by atoms with Gasteiger partial charge in [-0.15, -0.1) is 0 Å². The lowest BCUT2D eigenvalue weighted by atomic mass is 10.2. The number of benzene rings is 2. The van der Waals surface area contributed by atoms with Crippen molar-refractivity contribution in [1.29, 1.82) is 0 Å². The molecule has 0 aliphatic carbocycles. The molecule has 0 aliphatic heterocycles. The Morgan fingerprint density at radius 3 is 2.46 bits per heavy atom. The first kappa shape index (κ1) is 20.7. The maximum atomic E-state index is 12.4. The van der Waals surface area contributed by atoms with Gasteiger partial charge in [-0.25, -0.2) is 0 Å². The highest BCUT2D eigenvalue weighted by Crippen LogP contribution is 2.22. The standard InChI is InChI=1S/C19H22N4O5/c1-22(2)18(24)13-28-17-10-6-3-7-14(17)19(25)21-12-11-20-15-8-4-5-9-16(15)23(26)27/h3-10,20H,11-13H2,1-2H3,(H,21,25). The van der Waals surface area contributed by atoms with E-state index in [1.807, 2.05) is 0 Å². The van der Waals surface area contributed by atoms with Crippen LogP contribution in [-0.2, 0) is 4.79 Å². The van der Waals surface area contributed by atoms with E-state index in [9.17, 15) is 19.7 Å². The van der Waals surface area contributed by atoms with Crippen LogP contribution in [0.15, 0.2) is 48.5 Å². The molecule has 2 aromatic rings. The van der Waals surface area contributed by atoms with Crippen molar-refractivity contribution in [2.45, 2.75) is 0 Å². The Bertz CT molecular complexity index is 854. The summed E-state index contributed by atoms with van der Waals surface area (Å²) in [5.41, 5.74) is 0.658. The average Bonchev–Trinajstić information content (AvgIpc) is 2.69. The minimum absolute atomic E-state index is 0.0295. The van der Waals surface area contributed by atoms with Crippen molar-refractivity contribution in [3.63, 3.8) is 0 Å². The van der Waals surface area contributed by atoms with Crippen molar-refractivity contribution in [2.75, 3.05) is 39.1 Å². The quantitative estimate of drug-likeness (QED) is 0.387. The van der Waals surface area contributed by atoms with Crippen LogP contribution in [0.2, 0.25) is 0 Å². The fourth-order valence-electron chi connectivity index (χ4n) is 2.30. The van der Waals surface area contributed by atoms with Gasteiger partial charge in [0.25, 0.3) is 17.5 Å². The largest absolute Gasteiger partial charge is 0.483 e. The van der Waals surface area contributed by atoms with Gasteiger partial charge in [0.15, 0.2) is 6.61 Å². The normalized spacial score (nSPS) is 10.1. The zero-order valence-electron chi connectivity index (χ0n) is 15.7. The number of carbonyl (C=O) groups excluding carboxylic acids is 2. The van der Waals surface area contributed by atoms with E-state index < -0.39 is 4.92 Å². The molecule has 0 saturated carbocycles. The molecule has 0 aromatic heterocycles. The molecule has 148 valence electrons. The molecule has 2 aromatic carbocycles. The molecule has 0 radical (unpaired) electrons. The van der Waals surface area contributed by atoms with Crippen molar-refractivity contribution in [2.24, 2.45) is 0 Å². The molecule has 0 unspecified atom stereocenters. The van der Waals surface area contributed by atoms with E-state index in [1.54, 1.807) is 56.6 Å². The third-order valence-corrected chi connectivity index (χ3v) is 3.81. The summed E-state index contributed by atoms with van der Waals surface area (Å²) in [5, 5.41) is 16.6. The van der Waals surface area contributed by atoms with Gasteiger partial charge in [-0.3, -0.25) is 19.7 Å². The first-order valence-corrected chi connectivity index (χ1v) is 8.57. The van der Waals surface area contributed by atoms with Gasteiger partial charge >= 0.3 is 0 Å². The number of anilines is 1. The van der Waals surface area contributed by atoms with Crippen LogP contribution < -0.4 is 15.4 Å². The van der Waals surface area contributed by atoms with Gasteiger partial charge < -0.3 is 20.3 Å². The first-order valence-electron chi connectivity index (χ1n) is 8.57. The molecular formula is C19H22N4O5. The van der Waals surface area contributed by atoms with Gasteiger partial charge in [0.05, 0.1) is 10.5 Å². The van der Waals surface area contributed by atoms with Crippen LogP contribution in [0.3, 0.4) is 0 Å². The minimum atomic E-state index is -0.469. The van der Waals surface area contributed by atoms with Gasteiger partial charge in [0, 0.05) is 33.3 Å². The number of hydrogen-bond acceptors (Lipinski definition) is 6. The Morgan fingerprint density at radius 2 is 1.75 bits per heavy atom. The third-order valence-electron chi connectivity index (χ3n) is 3.81. The maximum Gasteiger partial charge on any atom is 0.292 e. The molecule has 0 heterocycles. The highest BCUT2D eigenvalue weighted by molar-refractivity contribution is 5.97.